The molecular weight excluding hydrogens is 269 g/mol. The van der Waals surface area contributed by atoms with Crippen molar-refractivity contribution in [2.75, 3.05) is 13.1 Å². The number of amides is 1. The minimum atomic E-state index is -0.342. The summed E-state index contributed by atoms with van der Waals surface area (Å²) in [4.78, 5) is 18.5. The van der Waals surface area contributed by atoms with E-state index in [0.717, 1.165) is 38.0 Å². The summed E-state index contributed by atoms with van der Waals surface area (Å²) < 4.78 is 12.9. The number of piperidine rings is 1. The molecule has 116 valence electrons. The lowest BCUT2D eigenvalue weighted by molar-refractivity contribution is -0.134. The van der Waals surface area contributed by atoms with Crippen molar-refractivity contribution in [3.8, 4) is 0 Å². The molecule has 2 unspecified atom stereocenters. The molecule has 1 saturated heterocycles. The van der Waals surface area contributed by atoms with E-state index in [4.69, 9.17) is 0 Å². The number of hydrogen-bond donors (Lipinski definition) is 1. The van der Waals surface area contributed by atoms with Crippen molar-refractivity contribution in [2.24, 2.45) is 0 Å². The van der Waals surface area contributed by atoms with Gasteiger partial charge in [0.05, 0.1) is 17.9 Å². The molecule has 0 saturated carbocycles. The van der Waals surface area contributed by atoms with Gasteiger partial charge < -0.3 is 4.90 Å². The summed E-state index contributed by atoms with van der Waals surface area (Å²) in [6, 6.07) is 2.80. The molecule has 2 rings (SSSR count). The first-order valence-electron chi connectivity index (χ1n) is 7.78. The Balaban J connectivity index is 1.96. The molecule has 4 nitrogen and oxygen atoms in total. The molecule has 1 aromatic heterocycles. The van der Waals surface area contributed by atoms with Crippen LogP contribution in [0.5, 0.6) is 0 Å². The number of halogens is 1. The normalized spacial score (nSPS) is 18.3. The molecule has 0 aromatic carbocycles. The number of carbonyl (C=O) groups is 1. The number of pyridine rings is 1. The van der Waals surface area contributed by atoms with Crippen LogP contribution in [0.15, 0.2) is 18.3 Å². The van der Waals surface area contributed by atoms with Gasteiger partial charge in [-0.05, 0) is 44.7 Å². The molecule has 1 fully saturated rings. The number of carbonyl (C=O) groups excluding carboxylic acids is 1. The minimum Gasteiger partial charge on any atom is -0.341 e. The summed E-state index contributed by atoms with van der Waals surface area (Å²) in [5.74, 6) is -0.193. The molecule has 1 aliphatic rings. The smallest absolute Gasteiger partial charge is 0.239 e. The van der Waals surface area contributed by atoms with Crippen LogP contribution in [-0.2, 0) is 4.79 Å². The van der Waals surface area contributed by atoms with Gasteiger partial charge in [-0.25, -0.2) is 4.39 Å². The van der Waals surface area contributed by atoms with Crippen molar-refractivity contribution in [2.45, 2.75) is 51.6 Å². The van der Waals surface area contributed by atoms with Gasteiger partial charge in [0.2, 0.25) is 5.91 Å². The summed E-state index contributed by atoms with van der Waals surface area (Å²) in [5, 5.41) is 3.32. The van der Waals surface area contributed by atoms with Crippen LogP contribution in [0.4, 0.5) is 4.39 Å². The Labute approximate surface area is 125 Å². The third kappa shape index (κ3) is 4.24. The Kier molecular flexibility index (Phi) is 5.67. The number of nitrogens with zero attached hydrogens (tertiary/aromatic N) is 2. The summed E-state index contributed by atoms with van der Waals surface area (Å²) in [6.07, 6.45) is 5.42. The molecular formula is C16H24FN3O. The molecule has 2 atom stereocenters. The SMILES string of the molecule is CCC(NC(C)C(=O)N1CCCCC1)c1ccc(F)cn1. The lowest BCUT2D eigenvalue weighted by Gasteiger charge is -2.31. The minimum absolute atomic E-state index is 0.0330. The Morgan fingerprint density at radius 1 is 1.38 bits per heavy atom. The highest BCUT2D eigenvalue weighted by atomic mass is 19.1. The second-order valence-corrected chi connectivity index (χ2v) is 5.64. The van der Waals surface area contributed by atoms with E-state index in [1.54, 1.807) is 6.07 Å². The molecule has 1 aromatic rings. The average molecular weight is 293 g/mol. The topological polar surface area (TPSA) is 45.2 Å². The lowest BCUT2D eigenvalue weighted by atomic mass is 10.1. The first-order chi connectivity index (χ1) is 10.1. The van der Waals surface area contributed by atoms with Gasteiger partial charge in [-0.3, -0.25) is 15.1 Å². The molecule has 0 spiro atoms. The summed E-state index contributed by atoms with van der Waals surface area (Å²) in [7, 11) is 0. The van der Waals surface area contributed by atoms with Crippen LogP contribution in [0.2, 0.25) is 0 Å². The zero-order chi connectivity index (χ0) is 15.2. The second-order valence-electron chi connectivity index (χ2n) is 5.64. The highest BCUT2D eigenvalue weighted by molar-refractivity contribution is 5.81. The van der Waals surface area contributed by atoms with E-state index in [2.05, 4.69) is 10.3 Å². The van der Waals surface area contributed by atoms with Gasteiger partial charge in [0.15, 0.2) is 0 Å². The van der Waals surface area contributed by atoms with Crippen LogP contribution in [-0.4, -0.2) is 34.9 Å². The molecule has 1 amide bonds. The van der Waals surface area contributed by atoms with Gasteiger partial charge in [0, 0.05) is 19.1 Å². The fourth-order valence-electron chi connectivity index (χ4n) is 2.77. The van der Waals surface area contributed by atoms with E-state index in [1.807, 2.05) is 18.7 Å². The van der Waals surface area contributed by atoms with Crippen LogP contribution in [0.1, 0.15) is 51.3 Å². The van der Waals surface area contributed by atoms with E-state index in [9.17, 15) is 9.18 Å². The Morgan fingerprint density at radius 2 is 2.10 bits per heavy atom. The van der Waals surface area contributed by atoms with Crippen molar-refractivity contribution >= 4 is 5.91 Å². The predicted octanol–water partition coefficient (Wildman–Crippen LogP) is 2.66. The molecule has 5 heteroatoms. The molecule has 0 radical (unpaired) electrons. The highest BCUT2D eigenvalue weighted by Gasteiger charge is 2.24. The molecule has 21 heavy (non-hydrogen) atoms. The number of aromatic nitrogens is 1. The van der Waals surface area contributed by atoms with Gasteiger partial charge in [-0.15, -0.1) is 0 Å². The summed E-state index contributed by atoms with van der Waals surface area (Å²) in [5.41, 5.74) is 0.775. The van der Waals surface area contributed by atoms with Gasteiger partial charge in [0.1, 0.15) is 5.82 Å². The fourth-order valence-corrected chi connectivity index (χ4v) is 2.77. The Hall–Kier alpha value is -1.49. The Bertz CT molecular complexity index is 457. The van der Waals surface area contributed by atoms with Gasteiger partial charge in [0.25, 0.3) is 0 Å². The van der Waals surface area contributed by atoms with Crippen LogP contribution < -0.4 is 5.32 Å². The average Bonchev–Trinajstić information content (AvgIpc) is 2.53. The van der Waals surface area contributed by atoms with Crippen molar-refractivity contribution in [3.05, 3.63) is 29.8 Å². The van der Waals surface area contributed by atoms with Crippen LogP contribution in [0.25, 0.3) is 0 Å². The summed E-state index contributed by atoms with van der Waals surface area (Å²) in [6.45, 7) is 5.64. The number of rotatable bonds is 5. The summed E-state index contributed by atoms with van der Waals surface area (Å²) >= 11 is 0. The van der Waals surface area contributed by atoms with Crippen molar-refractivity contribution < 1.29 is 9.18 Å². The van der Waals surface area contributed by atoms with Crippen LogP contribution >= 0.6 is 0 Å². The first kappa shape index (κ1) is 15.9. The van der Waals surface area contributed by atoms with E-state index >= 15 is 0 Å². The first-order valence-corrected chi connectivity index (χ1v) is 7.78. The maximum atomic E-state index is 12.9. The van der Waals surface area contributed by atoms with Crippen LogP contribution in [0.3, 0.4) is 0 Å². The van der Waals surface area contributed by atoms with E-state index < -0.39 is 0 Å². The number of likely N-dealkylation sites (tertiary alicyclic amines) is 1. The van der Waals surface area contributed by atoms with E-state index in [0.29, 0.717) is 0 Å². The van der Waals surface area contributed by atoms with Crippen LogP contribution in [0, 0.1) is 5.82 Å². The maximum Gasteiger partial charge on any atom is 0.239 e. The predicted molar refractivity (Wildman–Crippen MR) is 80.3 cm³/mol. The molecule has 2 heterocycles. The van der Waals surface area contributed by atoms with Gasteiger partial charge >= 0.3 is 0 Å². The standard InChI is InChI=1S/C16H24FN3O/c1-3-14(15-8-7-13(17)11-18-15)19-12(2)16(21)20-9-5-4-6-10-20/h7-8,11-12,14,19H,3-6,9-10H2,1-2H3. The van der Waals surface area contributed by atoms with E-state index in [1.165, 1.54) is 18.7 Å². The fraction of sp³-hybridized carbons (Fsp3) is 0.625. The quantitative estimate of drug-likeness (QED) is 0.908. The third-order valence-corrected chi connectivity index (χ3v) is 4.00. The third-order valence-electron chi connectivity index (χ3n) is 4.00. The number of nitrogens with one attached hydrogen (secondary N) is 1. The van der Waals surface area contributed by atoms with Crippen molar-refractivity contribution in [1.29, 1.82) is 0 Å². The largest absolute Gasteiger partial charge is 0.341 e. The van der Waals surface area contributed by atoms with Crippen molar-refractivity contribution in [1.82, 2.24) is 15.2 Å². The molecule has 1 N–H and O–H groups in total. The lowest BCUT2D eigenvalue weighted by Crippen LogP contribution is -2.47. The molecule has 0 aliphatic carbocycles. The highest BCUT2D eigenvalue weighted by Crippen LogP contribution is 2.16. The van der Waals surface area contributed by atoms with Gasteiger partial charge in [-0.1, -0.05) is 6.92 Å². The monoisotopic (exact) mass is 293 g/mol. The van der Waals surface area contributed by atoms with E-state index in [-0.39, 0.29) is 23.8 Å². The van der Waals surface area contributed by atoms with Crippen molar-refractivity contribution in [3.63, 3.8) is 0 Å². The second kappa shape index (κ2) is 7.50. The maximum absolute atomic E-state index is 12.9. The molecule has 0 bridgehead atoms. The van der Waals surface area contributed by atoms with Gasteiger partial charge in [-0.2, -0.15) is 0 Å². The Morgan fingerprint density at radius 3 is 2.67 bits per heavy atom. The zero-order valence-corrected chi connectivity index (χ0v) is 12.8. The zero-order valence-electron chi connectivity index (χ0n) is 12.8. The molecule has 1 aliphatic heterocycles. The number of hydrogen-bond acceptors (Lipinski definition) is 3.